The van der Waals surface area contributed by atoms with Crippen molar-refractivity contribution in [1.82, 2.24) is 0 Å². The number of rotatable bonds is 3. The second-order valence-electron chi connectivity index (χ2n) is 3.07. The summed E-state index contributed by atoms with van der Waals surface area (Å²) >= 11 is 0. The Bertz CT molecular complexity index is 372. The van der Waals surface area contributed by atoms with E-state index in [2.05, 4.69) is 35.6 Å². The minimum absolute atomic E-state index is 0.704. The summed E-state index contributed by atoms with van der Waals surface area (Å²) in [6, 6.07) is 8.26. The number of aliphatic imine (C=N–C) groups is 2. The van der Waals surface area contributed by atoms with Crippen LogP contribution in [0.4, 0.5) is 0 Å². The predicted molar refractivity (Wildman–Crippen MR) is 78.1 cm³/mol. The largest absolute Gasteiger partial charge is 0.241 e. The molecular formula is C15H22N2. The fourth-order valence-corrected chi connectivity index (χ4v) is 1.28. The Kier molecular flexibility index (Phi) is 8.57. The maximum Gasteiger partial charge on any atom is 0.158 e. The zero-order chi connectivity index (χ0) is 13.1. The molecular weight excluding hydrogens is 208 g/mol. The lowest BCUT2D eigenvalue weighted by Crippen LogP contribution is -1.96. The first-order valence-corrected chi connectivity index (χ1v) is 6.08. The smallest absolute Gasteiger partial charge is 0.158 e. The molecule has 2 nitrogen and oxygen atoms in total. The Labute approximate surface area is 105 Å². The summed E-state index contributed by atoms with van der Waals surface area (Å²) in [6.07, 6.45) is 4.29. The Morgan fingerprint density at radius 1 is 1.24 bits per heavy atom. The van der Waals surface area contributed by atoms with E-state index in [0.29, 0.717) is 5.84 Å². The lowest BCUT2D eigenvalue weighted by Gasteiger charge is -2.01. The highest BCUT2D eigenvalue weighted by molar-refractivity contribution is 6.03. The van der Waals surface area contributed by atoms with Crippen molar-refractivity contribution >= 4 is 12.1 Å². The number of nitrogens with zero attached hydrogens (tertiary/aromatic N) is 2. The molecule has 0 saturated heterocycles. The number of hydrogen-bond acceptors (Lipinski definition) is 1. The fourth-order valence-electron chi connectivity index (χ4n) is 1.28. The molecule has 0 N–H and O–H groups in total. The van der Waals surface area contributed by atoms with Gasteiger partial charge in [0.15, 0.2) is 5.84 Å². The van der Waals surface area contributed by atoms with Gasteiger partial charge in [-0.15, -0.1) is 0 Å². The van der Waals surface area contributed by atoms with E-state index in [1.807, 2.05) is 32.9 Å². The molecule has 17 heavy (non-hydrogen) atoms. The molecule has 0 aromatic heterocycles. The van der Waals surface area contributed by atoms with Crippen molar-refractivity contribution in [2.24, 2.45) is 9.98 Å². The van der Waals surface area contributed by atoms with E-state index in [0.717, 1.165) is 12.0 Å². The highest BCUT2D eigenvalue weighted by Gasteiger charge is 1.99. The first-order chi connectivity index (χ1) is 8.31. The van der Waals surface area contributed by atoms with Gasteiger partial charge in [0.05, 0.1) is 0 Å². The second kappa shape index (κ2) is 9.52. The van der Waals surface area contributed by atoms with Gasteiger partial charge in [-0.1, -0.05) is 51.6 Å². The molecule has 0 amide bonds. The third kappa shape index (κ3) is 5.25. The molecule has 0 bridgehead atoms. The van der Waals surface area contributed by atoms with Crippen LogP contribution in [0.2, 0.25) is 0 Å². The number of amidine groups is 1. The molecule has 1 aromatic rings. The van der Waals surface area contributed by atoms with E-state index in [4.69, 9.17) is 0 Å². The van der Waals surface area contributed by atoms with E-state index in [1.54, 1.807) is 6.21 Å². The summed E-state index contributed by atoms with van der Waals surface area (Å²) in [5.74, 6) is 0.704. The number of aryl methyl sites for hydroxylation is 1. The van der Waals surface area contributed by atoms with Crippen LogP contribution in [0.25, 0.3) is 0 Å². The molecule has 0 aliphatic rings. The van der Waals surface area contributed by atoms with Gasteiger partial charge < -0.3 is 0 Å². The van der Waals surface area contributed by atoms with Crippen molar-refractivity contribution in [1.29, 1.82) is 0 Å². The van der Waals surface area contributed by atoms with Crippen LogP contribution in [0.1, 0.15) is 38.8 Å². The number of benzene rings is 1. The van der Waals surface area contributed by atoms with E-state index >= 15 is 0 Å². The lowest BCUT2D eigenvalue weighted by molar-refractivity contribution is 1.14. The van der Waals surface area contributed by atoms with E-state index < -0.39 is 0 Å². The van der Waals surface area contributed by atoms with E-state index in [-0.39, 0.29) is 0 Å². The average Bonchev–Trinajstić information content (AvgIpc) is 2.41. The van der Waals surface area contributed by atoms with Crippen LogP contribution in [0.15, 0.2) is 47.0 Å². The zero-order valence-electron chi connectivity index (χ0n) is 11.3. The normalized spacial score (nSPS) is 10.9. The Balaban J connectivity index is 0.00000121. The summed E-state index contributed by atoms with van der Waals surface area (Å²) in [7, 11) is 0. The third-order valence-electron chi connectivity index (χ3n) is 2.09. The SMILES string of the molecule is C=CN=C(N=CC)c1ccc(CC)cc1.CC. The van der Waals surface area contributed by atoms with Crippen molar-refractivity contribution in [3.8, 4) is 0 Å². The van der Waals surface area contributed by atoms with Crippen LogP contribution >= 0.6 is 0 Å². The molecule has 1 aromatic carbocycles. The maximum atomic E-state index is 4.19. The van der Waals surface area contributed by atoms with Crippen LogP contribution in [0.5, 0.6) is 0 Å². The van der Waals surface area contributed by atoms with Gasteiger partial charge in [-0.2, -0.15) is 0 Å². The quantitative estimate of drug-likeness (QED) is 0.547. The highest BCUT2D eigenvalue weighted by atomic mass is 14.9. The van der Waals surface area contributed by atoms with Gasteiger partial charge in [-0.3, -0.25) is 0 Å². The van der Waals surface area contributed by atoms with Crippen molar-refractivity contribution in [2.45, 2.75) is 34.1 Å². The Hall–Kier alpha value is -1.70. The van der Waals surface area contributed by atoms with Gasteiger partial charge in [-0.25, -0.2) is 9.98 Å². The molecule has 0 fully saturated rings. The minimum atomic E-state index is 0.704. The first-order valence-electron chi connectivity index (χ1n) is 6.08. The fraction of sp³-hybridized carbons (Fsp3) is 0.333. The van der Waals surface area contributed by atoms with Crippen LogP contribution in [-0.4, -0.2) is 12.1 Å². The second-order valence-corrected chi connectivity index (χ2v) is 3.07. The Morgan fingerprint density at radius 2 is 1.82 bits per heavy atom. The van der Waals surface area contributed by atoms with Gasteiger partial charge >= 0.3 is 0 Å². The van der Waals surface area contributed by atoms with Crippen molar-refractivity contribution in [3.63, 3.8) is 0 Å². The molecule has 0 heterocycles. The first kappa shape index (κ1) is 15.3. The van der Waals surface area contributed by atoms with Gasteiger partial charge in [0, 0.05) is 18.0 Å². The molecule has 0 unspecified atom stereocenters. The monoisotopic (exact) mass is 230 g/mol. The molecule has 0 saturated carbocycles. The molecule has 0 aliphatic heterocycles. The van der Waals surface area contributed by atoms with Gasteiger partial charge in [0.1, 0.15) is 0 Å². The van der Waals surface area contributed by atoms with Crippen molar-refractivity contribution in [3.05, 3.63) is 48.2 Å². The molecule has 1 rings (SSSR count). The third-order valence-corrected chi connectivity index (χ3v) is 2.09. The lowest BCUT2D eigenvalue weighted by atomic mass is 10.1. The molecule has 0 spiro atoms. The van der Waals surface area contributed by atoms with Crippen LogP contribution < -0.4 is 0 Å². The van der Waals surface area contributed by atoms with Crippen molar-refractivity contribution in [2.75, 3.05) is 0 Å². The summed E-state index contributed by atoms with van der Waals surface area (Å²) in [4.78, 5) is 8.32. The minimum Gasteiger partial charge on any atom is -0.241 e. The maximum absolute atomic E-state index is 4.19. The van der Waals surface area contributed by atoms with E-state index in [1.165, 1.54) is 11.8 Å². The standard InChI is InChI=1S/C13H16N2.C2H6/c1-4-11-7-9-12(10-8-11)13(14-5-2)15-6-3;1-2/h5-10H,2,4H2,1,3H3;1-2H3. The summed E-state index contributed by atoms with van der Waals surface area (Å²) in [6.45, 7) is 11.6. The number of hydrogen-bond donors (Lipinski definition) is 0. The predicted octanol–water partition coefficient (Wildman–Crippen LogP) is 4.26. The molecule has 0 aliphatic carbocycles. The molecule has 92 valence electrons. The topological polar surface area (TPSA) is 24.7 Å². The van der Waals surface area contributed by atoms with Crippen molar-refractivity contribution < 1.29 is 0 Å². The summed E-state index contributed by atoms with van der Waals surface area (Å²) < 4.78 is 0. The molecule has 0 atom stereocenters. The Morgan fingerprint density at radius 3 is 2.24 bits per heavy atom. The van der Waals surface area contributed by atoms with Gasteiger partial charge in [0.25, 0.3) is 0 Å². The molecule has 0 radical (unpaired) electrons. The highest BCUT2D eigenvalue weighted by Crippen LogP contribution is 2.07. The van der Waals surface area contributed by atoms with Crippen LogP contribution in [-0.2, 0) is 6.42 Å². The van der Waals surface area contributed by atoms with Gasteiger partial charge in [-0.05, 0) is 18.9 Å². The van der Waals surface area contributed by atoms with E-state index in [9.17, 15) is 0 Å². The summed E-state index contributed by atoms with van der Waals surface area (Å²) in [5.41, 5.74) is 2.34. The van der Waals surface area contributed by atoms with Gasteiger partial charge in [0.2, 0.25) is 0 Å². The summed E-state index contributed by atoms with van der Waals surface area (Å²) in [5, 5.41) is 0. The molecule has 2 heteroatoms. The zero-order valence-corrected chi connectivity index (χ0v) is 11.3. The average molecular weight is 230 g/mol. The van der Waals surface area contributed by atoms with Crippen LogP contribution in [0.3, 0.4) is 0 Å². The van der Waals surface area contributed by atoms with Crippen LogP contribution in [0, 0.1) is 0 Å².